The summed E-state index contributed by atoms with van der Waals surface area (Å²) in [5, 5.41) is 2.32. The van der Waals surface area contributed by atoms with Crippen LogP contribution in [-0.4, -0.2) is 29.6 Å². The number of methoxy groups -OCH3 is 1. The Bertz CT molecular complexity index is 348. The second-order valence-corrected chi connectivity index (χ2v) is 2.60. The van der Waals surface area contributed by atoms with Gasteiger partial charge in [-0.15, -0.1) is 0 Å². The van der Waals surface area contributed by atoms with Crippen LogP contribution < -0.4 is 5.32 Å². The first kappa shape index (κ1) is 10.6. The van der Waals surface area contributed by atoms with Gasteiger partial charge in [0, 0.05) is 0 Å². The molecule has 0 aliphatic rings. The molecule has 0 aromatic carbocycles. The fourth-order valence-electron chi connectivity index (χ4n) is 0.698. The third-order valence-electron chi connectivity index (χ3n) is 1.34. The van der Waals surface area contributed by atoms with E-state index in [-0.39, 0.29) is 17.6 Å². The van der Waals surface area contributed by atoms with Crippen LogP contribution in [0.25, 0.3) is 0 Å². The zero-order valence-electron chi connectivity index (χ0n) is 7.25. The average molecular weight is 220 g/mol. The van der Waals surface area contributed by atoms with Crippen LogP contribution in [0, 0.1) is 5.82 Å². The molecule has 1 rings (SSSR count). The number of anilines is 1. The Balaban J connectivity index is 2.66. The van der Waals surface area contributed by atoms with Crippen molar-refractivity contribution in [2.24, 2.45) is 0 Å². The highest BCUT2D eigenvalue weighted by Crippen LogP contribution is 2.11. The van der Waals surface area contributed by atoms with Crippen molar-refractivity contribution in [1.82, 2.24) is 9.97 Å². The van der Waals surface area contributed by atoms with Crippen molar-refractivity contribution in [1.29, 1.82) is 0 Å². The maximum atomic E-state index is 12.9. The molecule has 5 nitrogen and oxygen atoms in total. The summed E-state index contributed by atoms with van der Waals surface area (Å²) in [6.45, 7) is -0.180. The SMILES string of the molecule is COC(=O)CNc1nc(Cl)ncc1F. The molecule has 14 heavy (non-hydrogen) atoms. The van der Waals surface area contributed by atoms with Gasteiger partial charge in [0.2, 0.25) is 5.28 Å². The first-order valence-electron chi connectivity index (χ1n) is 3.62. The van der Waals surface area contributed by atoms with E-state index in [9.17, 15) is 9.18 Å². The minimum atomic E-state index is -0.682. The summed E-state index contributed by atoms with van der Waals surface area (Å²) in [4.78, 5) is 17.6. The number of ether oxygens (including phenoxy) is 1. The minimum Gasteiger partial charge on any atom is -0.468 e. The highest BCUT2D eigenvalue weighted by Gasteiger charge is 2.07. The van der Waals surface area contributed by atoms with E-state index in [2.05, 4.69) is 20.0 Å². The maximum Gasteiger partial charge on any atom is 0.325 e. The predicted molar refractivity (Wildman–Crippen MR) is 47.5 cm³/mol. The minimum absolute atomic E-state index is 0.0984. The van der Waals surface area contributed by atoms with Crippen molar-refractivity contribution in [2.75, 3.05) is 19.0 Å². The molecule has 0 unspecified atom stereocenters. The summed E-state index contributed by atoms with van der Waals surface area (Å²) in [6, 6.07) is 0. The molecule has 0 aliphatic carbocycles. The van der Waals surface area contributed by atoms with E-state index in [0.29, 0.717) is 0 Å². The van der Waals surface area contributed by atoms with E-state index >= 15 is 0 Å². The number of carbonyl (C=O) groups is 1. The highest BCUT2D eigenvalue weighted by molar-refractivity contribution is 6.28. The van der Waals surface area contributed by atoms with Crippen molar-refractivity contribution in [2.45, 2.75) is 0 Å². The molecule has 0 amide bonds. The molecular formula is C7H7ClFN3O2. The number of aromatic nitrogens is 2. The van der Waals surface area contributed by atoms with Crippen LogP contribution in [0.4, 0.5) is 10.2 Å². The van der Waals surface area contributed by atoms with Gasteiger partial charge in [-0.3, -0.25) is 4.79 Å². The molecule has 0 saturated carbocycles. The van der Waals surface area contributed by atoms with Gasteiger partial charge in [0.15, 0.2) is 11.6 Å². The van der Waals surface area contributed by atoms with Crippen LogP contribution in [0.2, 0.25) is 5.28 Å². The van der Waals surface area contributed by atoms with E-state index < -0.39 is 11.8 Å². The van der Waals surface area contributed by atoms with E-state index in [1.807, 2.05) is 0 Å². The largest absolute Gasteiger partial charge is 0.468 e. The lowest BCUT2D eigenvalue weighted by Gasteiger charge is -2.04. The number of nitrogens with zero attached hydrogens (tertiary/aromatic N) is 2. The Kier molecular flexibility index (Phi) is 3.58. The molecule has 1 aromatic heterocycles. The summed E-state index contributed by atoms with van der Waals surface area (Å²) in [6.07, 6.45) is 0.912. The lowest BCUT2D eigenvalue weighted by Crippen LogP contribution is -2.16. The van der Waals surface area contributed by atoms with Gasteiger partial charge in [-0.1, -0.05) is 0 Å². The monoisotopic (exact) mass is 219 g/mol. The Hall–Kier alpha value is -1.43. The third-order valence-corrected chi connectivity index (χ3v) is 1.52. The molecule has 0 saturated heterocycles. The second-order valence-electron chi connectivity index (χ2n) is 2.27. The van der Waals surface area contributed by atoms with Crippen LogP contribution in [0.15, 0.2) is 6.20 Å². The fourth-order valence-corrected chi connectivity index (χ4v) is 0.831. The van der Waals surface area contributed by atoms with Gasteiger partial charge in [-0.05, 0) is 11.6 Å². The first-order chi connectivity index (χ1) is 6.63. The number of rotatable bonds is 3. The van der Waals surface area contributed by atoms with Gasteiger partial charge in [-0.25, -0.2) is 9.37 Å². The molecule has 0 aliphatic heterocycles. The van der Waals surface area contributed by atoms with Gasteiger partial charge in [0.05, 0.1) is 13.3 Å². The van der Waals surface area contributed by atoms with E-state index in [4.69, 9.17) is 11.6 Å². The lowest BCUT2D eigenvalue weighted by atomic mass is 10.5. The van der Waals surface area contributed by atoms with E-state index in [1.54, 1.807) is 0 Å². The van der Waals surface area contributed by atoms with Crippen LogP contribution in [-0.2, 0) is 9.53 Å². The quantitative estimate of drug-likeness (QED) is 0.603. The van der Waals surface area contributed by atoms with Crippen molar-refractivity contribution >= 4 is 23.4 Å². The van der Waals surface area contributed by atoms with Crippen LogP contribution >= 0.6 is 11.6 Å². The van der Waals surface area contributed by atoms with Crippen molar-refractivity contribution in [3.05, 3.63) is 17.3 Å². The molecule has 0 atom stereocenters. The number of hydrogen-bond donors (Lipinski definition) is 1. The third kappa shape index (κ3) is 2.81. The average Bonchev–Trinajstić information content (AvgIpc) is 2.19. The molecule has 76 valence electrons. The summed E-state index contributed by atoms with van der Waals surface area (Å²) < 4.78 is 17.3. The van der Waals surface area contributed by atoms with E-state index in [1.165, 1.54) is 7.11 Å². The maximum absolute atomic E-state index is 12.9. The molecule has 1 heterocycles. The van der Waals surface area contributed by atoms with Crippen molar-refractivity contribution in [3.8, 4) is 0 Å². The number of carbonyl (C=O) groups excluding carboxylic acids is 1. The molecule has 0 spiro atoms. The molecule has 0 bridgehead atoms. The number of halogens is 2. The summed E-state index contributed by atoms with van der Waals surface area (Å²) >= 11 is 5.42. The highest BCUT2D eigenvalue weighted by atomic mass is 35.5. The van der Waals surface area contributed by atoms with Gasteiger partial charge in [0.25, 0.3) is 0 Å². The van der Waals surface area contributed by atoms with E-state index in [0.717, 1.165) is 6.20 Å². The van der Waals surface area contributed by atoms with Crippen molar-refractivity contribution in [3.63, 3.8) is 0 Å². The van der Waals surface area contributed by atoms with Crippen LogP contribution in [0.3, 0.4) is 0 Å². The topological polar surface area (TPSA) is 64.1 Å². The molecule has 7 heteroatoms. The second kappa shape index (κ2) is 4.71. The standard InChI is InChI=1S/C7H7ClFN3O2/c1-14-5(13)3-10-6-4(9)2-11-7(8)12-6/h2H,3H2,1H3,(H,10,11,12). The van der Waals surface area contributed by atoms with Crippen LogP contribution in [0.5, 0.6) is 0 Å². The first-order valence-corrected chi connectivity index (χ1v) is 4.00. The summed E-state index contributed by atoms with van der Waals surface area (Å²) in [5.41, 5.74) is 0. The molecule has 0 radical (unpaired) electrons. The lowest BCUT2D eigenvalue weighted by molar-refractivity contribution is -0.138. The molecule has 1 aromatic rings. The number of nitrogens with one attached hydrogen (secondary N) is 1. The van der Waals surface area contributed by atoms with Gasteiger partial charge >= 0.3 is 5.97 Å². The van der Waals surface area contributed by atoms with Gasteiger partial charge in [-0.2, -0.15) is 4.98 Å². The van der Waals surface area contributed by atoms with Gasteiger partial charge < -0.3 is 10.1 Å². The number of hydrogen-bond acceptors (Lipinski definition) is 5. The van der Waals surface area contributed by atoms with Gasteiger partial charge in [0.1, 0.15) is 6.54 Å². The Morgan fingerprint density at radius 2 is 2.50 bits per heavy atom. The summed E-state index contributed by atoms with van der Waals surface area (Å²) in [7, 11) is 1.23. The molecule has 0 fully saturated rings. The smallest absolute Gasteiger partial charge is 0.325 e. The predicted octanol–water partition coefficient (Wildman–Crippen LogP) is 0.854. The fraction of sp³-hybridized carbons (Fsp3) is 0.286. The zero-order chi connectivity index (χ0) is 10.6. The molecular weight excluding hydrogens is 213 g/mol. The normalized spacial score (nSPS) is 9.64. The molecule has 1 N–H and O–H groups in total. The zero-order valence-corrected chi connectivity index (χ0v) is 8.01. The summed E-state index contributed by atoms with van der Waals surface area (Å²) in [5.74, 6) is -1.34. The number of esters is 1. The Morgan fingerprint density at radius 3 is 3.14 bits per heavy atom. The van der Waals surface area contributed by atoms with Crippen LogP contribution in [0.1, 0.15) is 0 Å². The Labute approximate surface area is 84.3 Å². The van der Waals surface area contributed by atoms with Crippen molar-refractivity contribution < 1.29 is 13.9 Å². The Morgan fingerprint density at radius 1 is 1.79 bits per heavy atom.